The molecule has 2 N–H and O–H groups in total. The third-order valence-corrected chi connectivity index (χ3v) is 3.35. The van der Waals surface area contributed by atoms with Crippen molar-refractivity contribution in [1.29, 1.82) is 0 Å². The van der Waals surface area contributed by atoms with E-state index in [0.29, 0.717) is 12.3 Å². The van der Waals surface area contributed by atoms with E-state index in [9.17, 15) is 4.79 Å². The fourth-order valence-corrected chi connectivity index (χ4v) is 2.47. The molecule has 6 heteroatoms. The van der Waals surface area contributed by atoms with Gasteiger partial charge in [0.05, 0.1) is 6.61 Å². The molecule has 0 unspecified atom stereocenters. The molecule has 1 aliphatic rings. The first-order valence-corrected chi connectivity index (χ1v) is 6.75. The molecule has 104 valence electrons. The SMILES string of the molecule is CCOC(=O)c1n[nH]nc1-c1cccc2c1NCCC2. The molecule has 0 radical (unpaired) electrons. The van der Waals surface area contributed by atoms with Crippen LogP contribution >= 0.6 is 0 Å². The lowest BCUT2D eigenvalue weighted by Crippen LogP contribution is -2.13. The molecule has 1 aromatic carbocycles. The number of carbonyl (C=O) groups is 1. The zero-order chi connectivity index (χ0) is 13.9. The minimum Gasteiger partial charge on any atom is -0.461 e. The molecule has 2 heterocycles. The minimum absolute atomic E-state index is 0.229. The van der Waals surface area contributed by atoms with Crippen molar-refractivity contribution in [3.05, 3.63) is 29.5 Å². The molecule has 1 aliphatic heterocycles. The minimum atomic E-state index is -0.454. The van der Waals surface area contributed by atoms with E-state index in [1.165, 1.54) is 5.56 Å². The normalized spacial score (nSPS) is 13.4. The maximum atomic E-state index is 11.9. The van der Waals surface area contributed by atoms with E-state index in [1.807, 2.05) is 12.1 Å². The fraction of sp³-hybridized carbons (Fsp3) is 0.357. The zero-order valence-electron chi connectivity index (χ0n) is 11.3. The lowest BCUT2D eigenvalue weighted by molar-refractivity contribution is 0.0520. The van der Waals surface area contributed by atoms with Gasteiger partial charge < -0.3 is 10.1 Å². The predicted octanol–water partition coefficient (Wildman–Crippen LogP) is 2.01. The summed E-state index contributed by atoms with van der Waals surface area (Å²) in [5.74, 6) is -0.454. The molecule has 0 saturated carbocycles. The van der Waals surface area contributed by atoms with Crippen molar-refractivity contribution in [2.45, 2.75) is 19.8 Å². The maximum Gasteiger partial charge on any atom is 0.361 e. The summed E-state index contributed by atoms with van der Waals surface area (Å²) in [4.78, 5) is 11.9. The number of ether oxygens (including phenoxy) is 1. The van der Waals surface area contributed by atoms with Crippen LogP contribution in [0.4, 0.5) is 5.69 Å². The van der Waals surface area contributed by atoms with Crippen molar-refractivity contribution in [1.82, 2.24) is 15.4 Å². The van der Waals surface area contributed by atoms with E-state index in [0.717, 1.165) is 30.6 Å². The van der Waals surface area contributed by atoms with Gasteiger partial charge in [0.15, 0.2) is 5.69 Å². The van der Waals surface area contributed by atoms with Gasteiger partial charge in [-0.05, 0) is 25.3 Å². The topological polar surface area (TPSA) is 79.9 Å². The molecule has 0 spiro atoms. The van der Waals surface area contributed by atoms with Crippen LogP contribution in [0.2, 0.25) is 0 Å². The van der Waals surface area contributed by atoms with Crippen molar-refractivity contribution in [3.8, 4) is 11.3 Å². The summed E-state index contributed by atoms with van der Waals surface area (Å²) in [6.45, 7) is 3.01. The number of hydrogen-bond acceptors (Lipinski definition) is 5. The van der Waals surface area contributed by atoms with Crippen LogP contribution < -0.4 is 5.32 Å². The van der Waals surface area contributed by atoms with Crippen molar-refractivity contribution < 1.29 is 9.53 Å². The molecule has 2 aromatic rings. The summed E-state index contributed by atoms with van der Waals surface area (Å²) in [5, 5.41) is 13.9. The summed E-state index contributed by atoms with van der Waals surface area (Å²) >= 11 is 0. The Bertz CT molecular complexity index is 636. The molecular formula is C14H16N4O2. The Morgan fingerprint density at radius 1 is 1.40 bits per heavy atom. The lowest BCUT2D eigenvalue weighted by atomic mass is 9.97. The number of rotatable bonds is 3. The number of nitrogens with one attached hydrogen (secondary N) is 2. The molecule has 0 amide bonds. The van der Waals surface area contributed by atoms with Gasteiger partial charge in [-0.25, -0.2) is 4.79 Å². The van der Waals surface area contributed by atoms with Crippen LogP contribution in [0.1, 0.15) is 29.4 Å². The van der Waals surface area contributed by atoms with Gasteiger partial charge in [-0.15, -0.1) is 5.10 Å². The monoisotopic (exact) mass is 272 g/mol. The number of benzene rings is 1. The highest BCUT2D eigenvalue weighted by Gasteiger charge is 2.23. The Balaban J connectivity index is 2.06. The number of anilines is 1. The third kappa shape index (κ3) is 2.13. The van der Waals surface area contributed by atoms with Crippen LogP contribution in [0.15, 0.2) is 18.2 Å². The standard InChI is InChI=1S/C14H16N4O2/c1-2-20-14(19)13-12(16-18-17-13)10-7-3-5-9-6-4-8-15-11(9)10/h3,5,7,15H,2,4,6,8H2,1H3,(H,16,17,18). The van der Waals surface area contributed by atoms with Crippen LogP contribution in [-0.2, 0) is 11.2 Å². The number of esters is 1. The Morgan fingerprint density at radius 3 is 3.15 bits per heavy atom. The van der Waals surface area contributed by atoms with Gasteiger partial charge in [0.25, 0.3) is 0 Å². The van der Waals surface area contributed by atoms with Crippen LogP contribution in [0.5, 0.6) is 0 Å². The number of nitrogens with zero attached hydrogens (tertiary/aromatic N) is 2. The van der Waals surface area contributed by atoms with E-state index in [1.54, 1.807) is 6.92 Å². The van der Waals surface area contributed by atoms with Crippen LogP contribution in [0.3, 0.4) is 0 Å². The van der Waals surface area contributed by atoms with E-state index < -0.39 is 5.97 Å². The molecule has 3 rings (SSSR count). The average Bonchev–Trinajstić information content (AvgIpc) is 2.96. The maximum absolute atomic E-state index is 11.9. The molecule has 20 heavy (non-hydrogen) atoms. The summed E-state index contributed by atoms with van der Waals surface area (Å²) in [6, 6.07) is 6.01. The number of para-hydroxylation sites is 1. The number of fused-ring (bicyclic) bond motifs is 1. The number of H-pyrrole nitrogens is 1. The first-order chi connectivity index (χ1) is 9.81. The van der Waals surface area contributed by atoms with Gasteiger partial charge in [0.1, 0.15) is 5.69 Å². The smallest absolute Gasteiger partial charge is 0.361 e. The van der Waals surface area contributed by atoms with Crippen molar-refractivity contribution in [2.75, 3.05) is 18.5 Å². The number of carbonyl (C=O) groups excluding carboxylic acids is 1. The van der Waals surface area contributed by atoms with Gasteiger partial charge >= 0.3 is 5.97 Å². The Kier molecular flexibility index (Phi) is 3.37. The quantitative estimate of drug-likeness (QED) is 0.835. The van der Waals surface area contributed by atoms with Gasteiger partial charge in [-0.2, -0.15) is 10.3 Å². The molecule has 1 aromatic heterocycles. The zero-order valence-corrected chi connectivity index (χ0v) is 11.3. The molecule has 6 nitrogen and oxygen atoms in total. The van der Waals surface area contributed by atoms with Crippen LogP contribution in [0.25, 0.3) is 11.3 Å². The highest BCUT2D eigenvalue weighted by Crippen LogP contribution is 2.33. The molecule has 0 fully saturated rings. The van der Waals surface area contributed by atoms with Gasteiger partial charge in [-0.1, -0.05) is 18.2 Å². The fourth-order valence-electron chi connectivity index (χ4n) is 2.47. The van der Waals surface area contributed by atoms with E-state index in [2.05, 4.69) is 26.8 Å². The second-order valence-corrected chi connectivity index (χ2v) is 4.61. The molecular weight excluding hydrogens is 256 g/mol. The Morgan fingerprint density at radius 2 is 2.30 bits per heavy atom. The summed E-state index contributed by atoms with van der Waals surface area (Å²) < 4.78 is 5.01. The van der Waals surface area contributed by atoms with E-state index in [4.69, 9.17) is 4.74 Å². The summed E-state index contributed by atoms with van der Waals surface area (Å²) in [5.41, 5.74) is 3.94. The molecule has 0 saturated heterocycles. The highest BCUT2D eigenvalue weighted by molar-refractivity contribution is 5.96. The second kappa shape index (κ2) is 5.32. The largest absolute Gasteiger partial charge is 0.461 e. The number of aryl methyl sites for hydroxylation is 1. The van der Waals surface area contributed by atoms with Crippen molar-refractivity contribution >= 4 is 11.7 Å². The number of hydrogen-bond donors (Lipinski definition) is 2. The molecule has 0 bridgehead atoms. The van der Waals surface area contributed by atoms with Crippen LogP contribution in [-0.4, -0.2) is 34.5 Å². The molecule has 0 atom stereocenters. The number of aromatic amines is 1. The Hall–Kier alpha value is -2.37. The van der Waals surface area contributed by atoms with E-state index in [-0.39, 0.29) is 5.69 Å². The van der Waals surface area contributed by atoms with Gasteiger partial charge in [0, 0.05) is 17.8 Å². The highest BCUT2D eigenvalue weighted by atomic mass is 16.5. The van der Waals surface area contributed by atoms with E-state index >= 15 is 0 Å². The number of aromatic nitrogens is 3. The summed E-state index contributed by atoms with van der Waals surface area (Å²) in [6.07, 6.45) is 2.14. The van der Waals surface area contributed by atoms with Crippen LogP contribution in [0, 0.1) is 0 Å². The second-order valence-electron chi connectivity index (χ2n) is 4.61. The Labute approximate surface area is 116 Å². The van der Waals surface area contributed by atoms with Crippen molar-refractivity contribution in [2.24, 2.45) is 0 Å². The lowest BCUT2D eigenvalue weighted by Gasteiger charge is -2.20. The first kappa shape index (κ1) is 12.7. The summed E-state index contributed by atoms with van der Waals surface area (Å²) in [7, 11) is 0. The first-order valence-electron chi connectivity index (χ1n) is 6.75. The molecule has 0 aliphatic carbocycles. The predicted molar refractivity (Wildman–Crippen MR) is 74.6 cm³/mol. The average molecular weight is 272 g/mol. The van der Waals surface area contributed by atoms with Gasteiger partial charge in [-0.3, -0.25) is 0 Å². The third-order valence-electron chi connectivity index (χ3n) is 3.35. The van der Waals surface area contributed by atoms with Crippen molar-refractivity contribution in [3.63, 3.8) is 0 Å². The van der Waals surface area contributed by atoms with Gasteiger partial charge in [0.2, 0.25) is 0 Å².